The van der Waals surface area contributed by atoms with Crippen LogP contribution in [0.15, 0.2) is 30.9 Å². The van der Waals surface area contributed by atoms with Crippen molar-refractivity contribution in [1.82, 2.24) is 9.55 Å². The van der Waals surface area contributed by atoms with Crippen LogP contribution in [0.3, 0.4) is 0 Å². The summed E-state index contributed by atoms with van der Waals surface area (Å²) in [5.74, 6) is 1.04. The highest BCUT2D eigenvalue weighted by molar-refractivity contribution is 5.98. The van der Waals surface area contributed by atoms with Crippen molar-refractivity contribution >= 4 is 11.6 Å². The Morgan fingerprint density at radius 3 is 2.68 bits per heavy atom. The molecule has 2 aliphatic heterocycles. The number of carbonyl (C=O) groups is 1. The third-order valence-electron chi connectivity index (χ3n) is 5.33. The van der Waals surface area contributed by atoms with E-state index in [1.165, 1.54) is 35.2 Å². The quantitative estimate of drug-likeness (QED) is 0.872. The zero-order chi connectivity index (χ0) is 14.7. The largest absolute Gasteiger partial charge is 0.330 e. The lowest BCUT2D eigenvalue weighted by molar-refractivity contribution is -0.118. The Kier molecular flexibility index (Phi) is 2.52. The Balaban J connectivity index is 1.63. The monoisotopic (exact) mass is 293 g/mol. The fourth-order valence-electron chi connectivity index (χ4n) is 4.19. The van der Waals surface area contributed by atoms with Gasteiger partial charge in [-0.25, -0.2) is 4.98 Å². The molecule has 0 saturated heterocycles. The summed E-state index contributed by atoms with van der Waals surface area (Å²) in [6.07, 6.45) is 11.1. The number of aromatic nitrogens is 2. The molecule has 3 aliphatic rings. The molecule has 112 valence electrons. The fraction of sp³-hybridized carbons (Fsp3) is 0.444. The molecule has 22 heavy (non-hydrogen) atoms. The molecular weight excluding hydrogens is 274 g/mol. The second-order valence-corrected chi connectivity index (χ2v) is 6.78. The molecule has 5 rings (SSSR count). The van der Waals surface area contributed by atoms with Gasteiger partial charge in [0.1, 0.15) is 0 Å². The summed E-state index contributed by atoms with van der Waals surface area (Å²) in [6, 6.07) is 5.11. The molecule has 4 heteroatoms. The first-order valence-electron chi connectivity index (χ1n) is 8.25. The van der Waals surface area contributed by atoms with Crippen LogP contribution in [0.2, 0.25) is 0 Å². The van der Waals surface area contributed by atoms with Gasteiger partial charge in [-0.2, -0.15) is 0 Å². The van der Waals surface area contributed by atoms with E-state index in [9.17, 15) is 4.79 Å². The molecule has 1 amide bonds. The number of hydrogen-bond acceptors (Lipinski definition) is 2. The molecule has 1 unspecified atom stereocenters. The van der Waals surface area contributed by atoms with E-state index in [1.54, 1.807) is 0 Å². The molecule has 1 fully saturated rings. The van der Waals surface area contributed by atoms with Crippen molar-refractivity contribution in [2.75, 3.05) is 11.4 Å². The van der Waals surface area contributed by atoms with Gasteiger partial charge in [0, 0.05) is 25.4 Å². The summed E-state index contributed by atoms with van der Waals surface area (Å²) < 4.78 is 2.26. The average Bonchev–Trinajstić information content (AvgIpc) is 3.03. The fourth-order valence-corrected chi connectivity index (χ4v) is 4.19. The molecule has 4 nitrogen and oxygen atoms in total. The molecule has 0 spiro atoms. The highest BCUT2D eigenvalue weighted by atomic mass is 16.2. The molecule has 2 aromatic rings. The number of anilines is 1. The van der Waals surface area contributed by atoms with E-state index in [4.69, 9.17) is 0 Å². The van der Waals surface area contributed by atoms with Gasteiger partial charge >= 0.3 is 0 Å². The lowest BCUT2D eigenvalue weighted by Crippen LogP contribution is -2.32. The first-order chi connectivity index (χ1) is 10.8. The first kappa shape index (κ1) is 12.4. The van der Waals surface area contributed by atoms with Crippen molar-refractivity contribution in [3.05, 3.63) is 47.5 Å². The predicted molar refractivity (Wildman–Crippen MR) is 83.9 cm³/mol. The highest BCUT2D eigenvalue weighted by Gasteiger charge is 2.36. The van der Waals surface area contributed by atoms with E-state index in [2.05, 4.69) is 27.9 Å². The predicted octanol–water partition coefficient (Wildman–Crippen LogP) is 2.72. The van der Waals surface area contributed by atoms with Crippen LogP contribution >= 0.6 is 0 Å². The number of imidazole rings is 1. The van der Waals surface area contributed by atoms with Gasteiger partial charge in [-0.05, 0) is 48.3 Å². The molecule has 1 saturated carbocycles. The molecule has 1 aliphatic carbocycles. The third kappa shape index (κ3) is 1.76. The summed E-state index contributed by atoms with van der Waals surface area (Å²) >= 11 is 0. The summed E-state index contributed by atoms with van der Waals surface area (Å²) in [5.41, 5.74) is 5.37. The van der Waals surface area contributed by atoms with Crippen LogP contribution in [0.1, 0.15) is 42.0 Å². The van der Waals surface area contributed by atoms with E-state index < -0.39 is 0 Å². The van der Waals surface area contributed by atoms with E-state index in [-0.39, 0.29) is 0 Å². The summed E-state index contributed by atoms with van der Waals surface area (Å²) in [6.45, 7) is 0.865. The molecule has 1 aromatic heterocycles. The lowest BCUT2D eigenvalue weighted by Gasteiger charge is -2.27. The molecule has 0 radical (unpaired) electrons. The number of carbonyl (C=O) groups excluding carboxylic acids is 1. The Hall–Kier alpha value is -2.10. The number of nitrogens with zero attached hydrogens (tertiary/aromatic N) is 3. The summed E-state index contributed by atoms with van der Waals surface area (Å²) in [4.78, 5) is 18.3. The lowest BCUT2D eigenvalue weighted by atomic mass is 9.92. The van der Waals surface area contributed by atoms with E-state index in [0.29, 0.717) is 18.4 Å². The van der Waals surface area contributed by atoms with E-state index in [1.807, 2.05) is 17.4 Å². The van der Waals surface area contributed by atoms with Crippen LogP contribution in [0, 0.1) is 5.92 Å². The first-order valence-corrected chi connectivity index (χ1v) is 8.25. The SMILES string of the molecule is O=C1CCc2cc(C(C3CC3)n3ccnc3)cc3c2N1CC3. The third-order valence-corrected chi connectivity index (χ3v) is 5.33. The minimum absolute atomic E-state index is 0.298. The van der Waals surface area contributed by atoms with Crippen LogP contribution in [0.5, 0.6) is 0 Å². The van der Waals surface area contributed by atoms with Gasteiger partial charge in [0.25, 0.3) is 0 Å². The van der Waals surface area contributed by atoms with Crippen molar-refractivity contribution in [3.8, 4) is 0 Å². The molecule has 1 aromatic carbocycles. The Morgan fingerprint density at radius 2 is 1.95 bits per heavy atom. The minimum atomic E-state index is 0.298. The van der Waals surface area contributed by atoms with Gasteiger partial charge in [0.15, 0.2) is 0 Å². The van der Waals surface area contributed by atoms with Gasteiger partial charge in [0.05, 0.1) is 18.1 Å². The maximum atomic E-state index is 12.1. The number of rotatable bonds is 3. The second-order valence-electron chi connectivity index (χ2n) is 6.78. The van der Waals surface area contributed by atoms with Crippen LogP contribution < -0.4 is 4.90 Å². The summed E-state index contributed by atoms with van der Waals surface area (Å²) in [5, 5.41) is 0. The van der Waals surface area contributed by atoms with E-state index >= 15 is 0 Å². The van der Waals surface area contributed by atoms with Gasteiger partial charge in [-0.1, -0.05) is 12.1 Å². The molecular formula is C18H19N3O. The van der Waals surface area contributed by atoms with Crippen molar-refractivity contribution in [2.24, 2.45) is 5.92 Å². The van der Waals surface area contributed by atoms with Gasteiger partial charge in [-0.15, -0.1) is 0 Å². The van der Waals surface area contributed by atoms with Gasteiger partial charge in [-0.3, -0.25) is 4.79 Å². The molecule has 1 atom stereocenters. The summed E-state index contributed by atoms with van der Waals surface area (Å²) in [7, 11) is 0. The zero-order valence-corrected chi connectivity index (χ0v) is 12.5. The van der Waals surface area contributed by atoms with Crippen LogP contribution in [0.25, 0.3) is 0 Å². The Bertz CT molecular complexity index is 746. The second kappa shape index (κ2) is 4.45. The van der Waals surface area contributed by atoms with Crippen molar-refractivity contribution in [2.45, 2.75) is 38.1 Å². The minimum Gasteiger partial charge on any atom is -0.330 e. The smallest absolute Gasteiger partial charge is 0.227 e. The molecule has 0 bridgehead atoms. The van der Waals surface area contributed by atoms with Crippen LogP contribution in [-0.4, -0.2) is 22.0 Å². The van der Waals surface area contributed by atoms with Crippen molar-refractivity contribution < 1.29 is 4.79 Å². The van der Waals surface area contributed by atoms with Crippen molar-refractivity contribution in [1.29, 1.82) is 0 Å². The number of aryl methyl sites for hydroxylation is 1. The normalized spacial score (nSPS) is 21.1. The maximum Gasteiger partial charge on any atom is 0.227 e. The number of amides is 1. The Morgan fingerprint density at radius 1 is 1.14 bits per heavy atom. The molecule has 0 N–H and O–H groups in total. The topological polar surface area (TPSA) is 38.1 Å². The Labute approximate surface area is 129 Å². The zero-order valence-electron chi connectivity index (χ0n) is 12.5. The highest BCUT2D eigenvalue weighted by Crippen LogP contribution is 2.46. The number of hydrogen-bond donors (Lipinski definition) is 0. The van der Waals surface area contributed by atoms with Gasteiger partial charge in [0.2, 0.25) is 5.91 Å². The number of benzene rings is 1. The van der Waals surface area contributed by atoms with Crippen LogP contribution in [0.4, 0.5) is 5.69 Å². The molecule has 3 heterocycles. The maximum absolute atomic E-state index is 12.1. The van der Waals surface area contributed by atoms with Gasteiger partial charge < -0.3 is 9.47 Å². The average molecular weight is 293 g/mol. The van der Waals surface area contributed by atoms with Crippen molar-refractivity contribution in [3.63, 3.8) is 0 Å². The standard InChI is InChI=1S/C18H19N3O/c22-16-4-3-13-9-15(10-14-5-7-21(16)18(13)14)17(12-1-2-12)20-8-6-19-11-20/h6,8-12,17H,1-5,7H2. The van der Waals surface area contributed by atoms with Crippen LogP contribution in [-0.2, 0) is 17.6 Å². The van der Waals surface area contributed by atoms with E-state index in [0.717, 1.165) is 25.3 Å².